The molecule has 0 aliphatic carbocycles. The molecule has 3 heterocycles. The number of halogens is 1. The van der Waals surface area contributed by atoms with Gasteiger partial charge < -0.3 is 25.4 Å². The van der Waals surface area contributed by atoms with Gasteiger partial charge in [0.05, 0.1) is 28.1 Å². The molecule has 3 aliphatic rings. The van der Waals surface area contributed by atoms with Crippen molar-refractivity contribution in [3.8, 4) is 0 Å². The lowest BCUT2D eigenvalue weighted by atomic mass is 9.62. The number of para-hydroxylation sites is 1. The largest absolute Gasteiger partial charge is 0.396 e. The normalized spacial score (nSPS) is 30.9. The van der Waals surface area contributed by atoms with Crippen LogP contribution in [0.5, 0.6) is 0 Å². The lowest BCUT2D eigenvalue weighted by Gasteiger charge is -2.36. The second kappa shape index (κ2) is 10.9. The Bertz CT molecular complexity index is 1240. The minimum Gasteiger partial charge on any atom is -0.396 e. The Morgan fingerprint density at radius 2 is 1.79 bits per heavy atom. The molecule has 8 nitrogen and oxygen atoms in total. The molecule has 208 valence electrons. The third-order valence-electron chi connectivity index (χ3n) is 8.84. The van der Waals surface area contributed by atoms with E-state index in [4.69, 9.17) is 16.3 Å². The van der Waals surface area contributed by atoms with Gasteiger partial charge in [0.2, 0.25) is 17.7 Å². The zero-order chi connectivity index (χ0) is 27.8. The summed E-state index contributed by atoms with van der Waals surface area (Å²) in [5, 5.41) is 15.6. The smallest absolute Gasteiger partial charge is 0.250 e. The van der Waals surface area contributed by atoms with Crippen molar-refractivity contribution in [1.82, 2.24) is 10.2 Å². The third kappa shape index (κ3) is 4.72. The van der Waals surface area contributed by atoms with Crippen LogP contribution >= 0.6 is 11.6 Å². The number of aliphatic hydroxyl groups is 1. The maximum Gasteiger partial charge on any atom is 0.250 e. The van der Waals surface area contributed by atoms with Gasteiger partial charge in [-0.2, -0.15) is 0 Å². The summed E-state index contributed by atoms with van der Waals surface area (Å²) in [6, 6.07) is 15.7. The fourth-order valence-corrected chi connectivity index (χ4v) is 7.09. The molecule has 2 aromatic rings. The average molecular weight is 554 g/mol. The van der Waals surface area contributed by atoms with Crippen molar-refractivity contribution in [3.05, 3.63) is 65.2 Å². The molecule has 5 rings (SSSR count). The first-order valence-corrected chi connectivity index (χ1v) is 14.1. The third-order valence-corrected chi connectivity index (χ3v) is 9.17. The van der Waals surface area contributed by atoms with Crippen LogP contribution in [-0.2, 0) is 25.7 Å². The van der Waals surface area contributed by atoms with Gasteiger partial charge in [-0.1, -0.05) is 61.0 Å². The Labute approximate surface area is 234 Å². The summed E-state index contributed by atoms with van der Waals surface area (Å²) in [4.78, 5) is 43.4. The lowest BCUT2D eigenvalue weighted by Crippen LogP contribution is -2.54. The van der Waals surface area contributed by atoms with Gasteiger partial charge in [-0.15, -0.1) is 0 Å². The molecule has 39 heavy (non-hydrogen) atoms. The molecule has 3 saturated heterocycles. The molecule has 6 atom stereocenters. The van der Waals surface area contributed by atoms with Gasteiger partial charge in [0.1, 0.15) is 11.6 Å². The van der Waals surface area contributed by atoms with Gasteiger partial charge in [-0.25, -0.2) is 0 Å². The summed E-state index contributed by atoms with van der Waals surface area (Å²) >= 11 is 6.34. The van der Waals surface area contributed by atoms with E-state index >= 15 is 0 Å². The van der Waals surface area contributed by atoms with Crippen molar-refractivity contribution in [1.29, 1.82) is 0 Å². The number of likely N-dealkylation sites (tertiary alicyclic amines) is 1. The number of nitrogens with zero attached hydrogens (tertiary/aromatic N) is 1. The molecule has 3 N–H and O–H groups in total. The molecule has 0 radical (unpaired) electrons. The van der Waals surface area contributed by atoms with E-state index < -0.39 is 29.1 Å². The topological polar surface area (TPSA) is 108 Å². The fraction of sp³-hybridized carbons (Fsp3) is 0.500. The van der Waals surface area contributed by atoms with Gasteiger partial charge in [0, 0.05) is 19.7 Å². The maximum atomic E-state index is 14.1. The summed E-state index contributed by atoms with van der Waals surface area (Å²) in [5.74, 6) is -2.37. The van der Waals surface area contributed by atoms with Crippen LogP contribution in [0, 0.1) is 17.8 Å². The molecular weight excluding hydrogens is 518 g/mol. The Hall–Kier alpha value is -2.94. The summed E-state index contributed by atoms with van der Waals surface area (Å²) < 4.78 is 6.74. The van der Waals surface area contributed by atoms with Gasteiger partial charge in [-0.05, 0) is 56.2 Å². The van der Waals surface area contributed by atoms with Gasteiger partial charge in [-0.3, -0.25) is 14.4 Å². The Morgan fingerprint density at radius 3 is 2.51 bits per heavy atom. The van der Waals surface area contributed by atoms with Crippen molar-refractivity contribution in [3.63, 3.8) is 0 Å². The van der Waals surface area contributed by atoms with Crippen LogP contribution in [0.25, 0.3) is 0 Å². The standard InChI is InChI=1S/C30H36ClN3O5/c1-19-17-30-24(23(29(19,2)39-30)26(36)32-18-20-11-5-3-6-12-20)28(38)34(15-9-4-10-16-35)25(30)27(37)33-22-14-8-7-13-21(22)31/h3,5-8,11-14,19,23-25,35H,4,9-10,15-18H2,1-2H3,(H,32,36)(H,33,37)/t19?,23-,24+,25?,29+,30?/m1/s1. The summed E-state index contributed by atoms with van der Waals surface area (Å²) in [7, 11) is 0. The predicted molar refractivity (Wildman–Crippen MR) is 148 cm³/mol. The molecule has 3 unspecified atom stereocenters. The molecule has 0 aromatic heterocycles. The van der Waals surface area contributed by atoms with E-state index in [2.05, 4.69) is 10.6 Å². The molecule has 3 aliphatic heterocycles. The first kappa shape index (κ1) is 27.6. The average Bonchev–Trinajstić information content (AvgIpc) is 3.43. The predicted octanol–water partition coefficient (Wildman–Crippen LogP) is 3.77. The summed E-state index contributed by atoms with van der Waals surface area (Å²) in [6.45, 7) is 4.68. The number of unbranched alkanes of at least 4 members (excludes halogenated alkanes) is 2. The molecule has 2 bridgehead atoms. The highest BCUT2D eigenvalue weighted by atomic mass is 35.5. The zero-order valence-electron chi connectivity index (χ0n) is 22.4. The monoisotopic (exact) mass is 553 g/mol. The van der Waals surface area contributed by atoms with Crippen LogP contribution < -0.4 is 10.6 Å². The highest BCUT2D eigenvalue weighted by Gasteiger charge is 2.79. The minimum atomic E-state index is -1.12. The lowest BCUT2D eigenvalue weighted by molar-refractivity contribution is -0.146. The molecule has 1 spiro atoms. The summed E-state index contributed by atoms with van der Waals surface area (Å²) in [5.41, 5.74) is -0.585. The molecule has 0 saturated carbocycles. The Morgan fingerprint density at radius 1 is 1.08 bits per heavy atom. The van der Waals surface area contributed by atoms with Crippen molar-refractivity contribution >= 4 is 35.0 Å². The molecular formula is C30H36ClN3O5. The van der Waals surface area contributed by atoms with Crippen LogP contribution in [0.4, 0.5) is 5.69 Å². The van der Waals surface area contributed by atoms with Crippen molar-refractivity contribution in [2.75, 3.05) is 18.5 Å². The minimum absolute atomic E-state index is 0.0426. The molecule has 2 aromatic carbocycles. The SMILES string of the molecule is CC1CC23O[C@]1(C)[C@@H](C(=O)NCc1ccccc1)[C@H]2C(=O)N(CCCCCO)C3C(=O)Nc1ccccc1Cl. The number of nitrogens with one attached hydrogen (secondary N) is 2. The van der Waals surface area contributed by atoms with Crippen molar-refractivity contribution in [2.24, 2.45) is 17.8 Å². The number of anilines is 1. The zero-order valence-corrected chi connectivity index (χ0v) is 23.1. The first-order valence-electron chi connectivity index (χ1n) is 13.7. The first-order chi connectivity index (χ1) is 18.7. The van der Waals surface area contributed by atoms with E-state index in [1.807, 2.05) is 44.2 Å². The highest BCUT2D eigenvalue weighted by Crippen LogP contribution is 2.65. The number of benzene rings is 2. The van der Waals surface area contributed by atoms with Crippen molar-refractivity contribution < 1.29 is 24.2 Å². The number of hydrogen-bond acceptors (Lipinski definition) is 5. The van der Waals surface area contributed by atoms with Crippen LogP contribution in [0.1, 0.15) is 45.1 Å². The molecule has 9 heteroatoms. The molecule has 3 fully saturated rings. The number of hydrogen-bond donors (Lipinski definition) is 3. The summed E-state index contributed by atoms with van der Waals surface area (Å²) in [6.07, 6.45) is 2.45. The van der Waals surface area contributed by atoms with E-state index in [0.717, 1.165) is 5.56 Å². The van der Waals surface area contributed by atoms with Gasteiger partial charge in [0.15, 0.2) is 0 Å². The maximum absolute atomic E-state index is 14.1. The molecule has 3 amide bonds. The Balaban J connectivity index is 1.47. The van der Waals surface area contributed by atoms with E-state index in [0.29, 0.717) is 49.5 Å². The van der Waals surface area contributed by atoms with E-state index in [-0.39, 0.29) is 30.2 Å². The Kier molecular flexibility index (Phi) is 7.73. The quantitative estimate of drug-likeness (QED) is 0.388. The second-order valence-electron chi connectivity index (χ2n) is 11.2. The van der Waals surface area contributed by atoms with Gasteiger partial charge in [0.25, 0.3) is 0 Å². The number of carbonyl (C=O) groups is 3. The van der Waals surface area contributed by atoms with Crippen LogP contribution in [0.3, 0.4) is 0 Å². The van der Waals surface area contributed by atoms with Crippen molar-refractivity contribution in [2.45, 2.75) is 63.3 Å². The van der Waals surface area contributed by atoms with Crippen LogP contribution in [0.15, 0.2) is 54.6 Å². The number of amides is 3. The number of aliphatic hydroxyl groups excluding tert-OH is 1. The van der Waals surface area contributed by atoms with Gasteiger partial charge >= 0.3 is 0 Å². The fourth-order valence-electron chi connectivity index (χ4n) is 6.91. The van der Waals surface area contributed by atoms with Crippen LogP contribution in [-0.4, -0.2) is 58.1 Å². The number of ether oxygens (including phenoxy) is 1. The number of fused-ring (bicyclic) bond motifs is 1. The second-order valence-corrected chi connectivity index (χ2v) is 11.6. The highest BCUT2D eigenvalue weighted by molar-refractivity contribution is 6.33. The van der Waals surface area contributed by atoms with E-state index in [1.54, 1.807) is 29.2 Å². The van der Waals surface area contributed by atoms with E-state index in [1.165, 1.54) is 0 Å². The number of carbonyl (C=O) groups excluding carboxylic acids is 3. The van der Waals surface area contributed by atoms with Crippen LogP contribution in [0.2, 0.25) is 5.02 Å². The number of rotatable bonds is 10. The van der Waals surface area contributed by atoms with E-state index in [9.17, 15) is 19.5 Å².